The van der Waals surface area contributed by atoms with E-state index in [9.17, 15) is 4.79 Å². The Morgan fingerprint density at radius 1 is 1.25 bits per heavy atom. The van der Waals surface area contributed by atoms with E-state index >= 15 is 0 Å². The SMILES string of the molecule is CN(CC1CCC1)C(=O)C1CCCC1N.Cl. The van der Waals surface area contributed by atoms with Gasteiger partial charge in [-0.1, -0.05) is 12.8 Å². The molecule has 2 saturated carbocycles. The Morgan fingerprint density at radius 2 is 1.88 bits per heavy atom. The van der Waals surface area contributed by atoms with Crippen LogP contribution in [0.5, 0.6) is 0 Å². The molecule has 0 aromatic rings. The lowest BCUT2D eigenvalue weighted by atomic mass is 9.85. The highest BCUT2D eigenvalue weighted by molar-refractivity contribution is 5.85. The highest BCUT2D eigenvalue weighted by atomic mass is 35.5. The Hall–Kier alpha value is -0.280. The van der Waals surface area contributed by atoms with Crippen LogP contribution >= 0.6 is 12.4 Å². The summed E-state index contributed by atoms with van der Waals surface area (Å²) in [4.78, 5) is 14.0. The van der Waals surface area contributed by atoms with E-state index in [0.717, 1.165) is 31.7 Å². The molecule has 4 heteroatoms. The fraction of sp³-hybridized carbons (Fsp3) is 0.917. The number of hydrogen-bond donors (Lipinski definition) is 1. The van der Waals surface area contributed by atoms with Crippen LogP contribution in [0.1, 0.15) is 38.5 Å². The molecule has 2 atom stereocenters. The van der Waals surface area contributed by atoms with Crippen LogP contribution in [0.4, 0.5) is 0 Å². The van der Waals surface area contributed by atoms with Crippen molar-refractivity contribution in [3.63, 3.8) is 0 Å². The van der Waals surface area contributed by atoms with Crippen LogP contribution in [0.25, 0.3) is 0 Å². The first-order chi connectivity index (χ1) is 7.18. The Kier molecular flexibility index (Phi) is 5.06. The molecule has 0 radical (unpaired) electrons. The molecule has 0 heterocycles. The van der Waals surface area contributed by atoms with Crippen molar-refractivity contribution in [2.45, 2.75) is 44.6 Å². The fourth-order valence-corrected chi connectivity index (χ4v) is 2.73. The maximum absolute atomic E-state index is 12.1. The van der Waals surface area contributed by atoms with Crippen LogP contribution in [-0.4, -0.2) is 30.4 Å². The molecule has 3 nitrogen and oxygen atoms in total. The van der Waals surface area contributed by atoms with E-state index in [0.29, 0.717) is 0 Å². The first-order valence-electron chi connectivity index (χ1n) is 6.19. The van der Waals surface area contributed by atoms with Crippen molar-refractivity contribution in [1.29, 1.82) is 0 Å². The van der Waals surface area contributed by atoms with E-state index < -0.39 is 0 Å². The molecular weight excluding hydrogens is 224 g/mol. The van der Waals surface area contributed by atoms with E-state index in [1.165, 1.54) is 19.3 Å². The summed E-state index contributed by atoms with van der Waals surface area (Å²) in [6, 6.07) is 0.112. The first kappa shape index (κ1) is 13.8. The van der Waals surface area contributed by atoms with Gasteiger partial charge in [-0.25, -0.2) is 0 Å². The number of rotatable bonds is 3. The standard InChI is InChI=1S/C12H22N2O.ClH/c1-14(8-9-4-2-5-9)12(15)10-6-3-7-11(10)13;/h9-11H,2-8,13H2,1H3;1H. The molecule has 2 aliphatic carbocycles. The molecule has 0 spiro atoms. The van der Waals surface area contributed by atoms with Gasteiger partial charge in [0.15, 0.2) is 0 Å². The first-order valence-corrected chi connectivity index (χ1v) is 6.19. The molecule has 2 aliphatic rings. The minimum absolute atomic E-state index is 0. The maximum Gasteiger partial charge on any atom is 0.226 e. The molecule has 94 valence electrons. The van der Waals surface area contributed by atoms with Crippen LogP contribution in [0.15, 0.2) is 0 Å². The van der Waals surface area contributed by atoms with Crippen LogP contribution < -0.4 is 5.73 Å². The quantitative estimate of drug-likeness (QED) is 0.826. The highest BCUT2D eigenvalue weighted by Gasteiger charge is 2.33. The second kappa shape index (κ2) is 5.87. The van der Waals surface area contributed by atoms with Crippen LogP contribution in [0.3, 0.4) is 0 Å². The molecule has 0 saturated heterocycles. The van der Waals surface area contributed by atoms with E-state index in [1.54, 1.807) is 0 Å². The van der Waals surface area contributed by atoms with Crippen LogP contribution in [0, 0.1) is 11.8 Å². The Labute approximate surface area is 104 Å². The molecule has 2 rings (SSSR count). The number of nitrogens with two attached hydrogens (primary N) is 1. The van der Waals surface area contributed by atoms with Crippen molar-refractivity contribution < 1.29 is 4.79 Å². The highest BCUT2D eigenvalue weighted by Crippen LogP contribution is 2.29. The number of carbonyl (C=O) groups is 1. The van der Waals surface area contributed by atoms with Gasteiger partial charge in [-0.2, -0.15) is 0 Å². The number of halogens is 1. The zero-order valence-electron chi connectivity index (χ0n) is 10.0. The average molecular weight is 247 g/mol. The number of nitrogens with zero attached hydrogens (tertiary/aromatic N) is 1. The fourth-order valence-electron chi connectivity index (χ4n) is 2.73. The second-order valence-electron chi connectivity index (χ2n) is 5.22. The molecule has 2 N–H and O–H groups in total. The number of hydrogen-bond acceptors (Lipinski definition) is 2. The van der Waals surface area contributed by atoms with Crippen molar-refractivity contribution in [1.82, 2.24) is 4.90 Å². The Morgan fingerprint density at radius 3 is 2.31 bits per heavy atom. The molecule has 0 aromatic heterocycles. The molecule has 0 bridgehead atoms. The van der Waals surface area contributed by atoms with Crippen LogP contribution in [0.2, 0.25) is 0 Å². The minimum Gasteiger partial charge on any atom is -0.345 e. The van der Waals surface area contributed by atoms with Gasteiger partial charge in [-0.3, -0.25) is 4.79 Å². The van der Waals surface area contributed by atoms with E-state index in [4.69, 9.17) is 5.73 Å². The van der Waals surface area contributed by atoms with Gasteiger partial charge in [-0.05, 0) is 31.6 Å². The second-order valence-corrected chi connectivity index (χ2v) is 5.22. The van der Waals surface area contributed by atoms with E-state index in [2.05, 4.69) is 0 Å². The summed E-state index contributed by atoms with van der Waals surface area (Å²) in [5, 5.41) is 0. The van der Waals surface area contributed by atoms with Gasteiger partial charge in [-0.15, -0.1) is 12.4 Å². The van der Waals surface area contributed by atoms with Crippen molar-refractivity contribution >= 4 is 18.3 Å². The van der Waals surface area contributed by atoms with Gasteiger partial charge < -0.3 is 10.6 Å². The lowest BCUT2D eigenvalue weighted by Crippen LogP contribution is -2.42. The third-order valence-corrected chi connectivity index (χ3v) is 4.02. The Balaban J connectivity index is 0.00000128. The molecule has 2 fully saturated rings. The molecular formula is C12H23ClN2O. The predicted molar refractivity (Wildman–Crippen MR) is 67.5 cm³/mol. The summed E-state index contributed by atoms with van der Waals surface area (Å²) in [5.41, 5.74) is 5.95. The Bertz CT molecular complexity index is 243. The predicted octanol–water partition coefficient (Wildman–Crippen LogP) is 1.79. The van der Waals surface area contributed by atoms with Crippen LogP contribution in [-0.2, 0) is 4.79 Å². The summed E-state index contributed by atoms with van der Waals surface area (Å²) >= 11 is 0. The van der Waals surface area contributed by atoms with Crippen molar-refractivity contribution in [2.24, 2.45) is 17.6 Å². The van der Waals surface area contributed by atoms with Crippen molar-refractivity contribution in [2.75, 3.05) is 13.6 Å². The van der Waals surface area contributed by atoms with Gasteiger partial charge in [0, 0.05) is 19.6 Å². The monoisotopic (exact) mass is 246 g/mol. The lowest BCUT2D eigenvalue weighted by molar-refractivity contribution is -0.135. The minimum atomic E-state index is 0. The zero-order valence-corrected chi connectivity index (χ0v) is 10.8. The summed E-state index contributed by atoms with van der Waals surface area (Å²) in [5.74, 6) is 1.15. The summed E-state index contributed by atoms with van der Waals surface area (Å²) in [6.07, 6.45) is 7.08. The van der Waals surface area contributed by atoms with Gasteiger partial charge in [0.25, 0.3) is 0 Å². The largest absolute Gasteiger partial charge is 0.345 e. The zero-order chi connectivity index (χ0) is 10.8. The topological polar surface area (TPSA) is 46.3 Å². The van der Waals surface area contributed by atoms with Gasteiger partial charge in [0.1, 0.15) is 0 Å². The maximum atomic E-state index is 12.1. The molecule has 2 unspecified atom stereocenters. The third kappa shape index (κ3) is 2.89. The van der Waals surface area contributed by atoms with E-state index in [-0.39, 0.29) is 30.3 Å². The lowest BCUT2D eigenvalue weighted by Gasteiger charge is -2.32. The normalized spacial score (nSPS) is 29.4. The third-order valence-electron chi connectivity index (χ3n) is 4.02. The van der Waals surface area contributed by atoms with Gasteiger partial charge in [0.05, 0.1) is 5.92 Å². The number of amides is 1. The molecule has 0 aliphatic heterocycles. The average Bonchev–Trinajstić information content (AvgIpc) is 2.56. The summed E-state index contributed by atoms with van der Waals surface area (Å²) < 4.78 is 0. The number of carbonyl (C=O) groups excluding carboxylic acids is 1. The van der Waals surface area contributed by atoms with Crippen molar-refractivity contribution in [3.05, 3.63) is 0 Å². The smallest absolute Gasteiger partial charge is 0.226 e. The molecule has 0 aromatic carbocycles. The summed E-state index contributed by atoms with van der Waals surface area (Å²) in [6.45, 7) is 0.946. The molecule has 16 heavy (non-hydrogen) atoms. The van der Waals surface area contributed by atoms with Gasteiger partial charge in [0.2, 0.25) is 5.91 Å². The van der Waals surface area contributed by atoms with Crippen molar-refractivity contribution in [3.8, 4) is 0 Å². The van der Waals surface area contributed by atoms with Gasteiger partial charge >= 0.3 is 0 Å². The van der Waals surface area contributed by atoms with E-state index in [1.807, 2.05) is 11.9 Å². The summed E-state index contributed by atoms with van der Waals surface area (Å²) in [7, 11) is 1.94. The molecule has 1 amide bonds.